The largest absolute Gasteiger partial charge is 0.508 e. The van der Waals surface area contributed by atoms with Crippen molar-refractivity contribution in [2.24, 2.45) is 10.2 Å². The second kappa shape index (κ2) is 7.76. The van der Waals surface area contributed by atoms with Crippen LogP contribution in [0.1, 0.15) is 0 Å². The lowest BCUT2D eigenvalue weighted by Crippen LogP contribution is -2.56. The highest BCUT2D eigenvalue weighted by molar-refractivity contribution is 5.38. The number of para-hydroxylation sites is 1. The fourth-order valence-electron chi connectivity index (χ4n) is 2.51. The first kappa shape index (κ1) is 18.9. The lowest BCUT2D eigenvalue weighted by molar-refractivity contribution is -0.789. The summed E-state index contributed by atoms with van der Waals surface area (Å²) in [6, 6.07) is 16.7. The highest BCUT2D eigenvalue weighted by Crippen LogP contribution is 2.33. The molecule has 0 heterocycles. The van der Waals surface area contributed by atoms with Crippen LogP contribution in [0.25, 0.3) is 0 Å². The minimum absolute atomic E-state index is 0.0855. The Balaban J connectivity index is 2.07. The topological polar surface area (TPSA) is 140 Å². The lowest BCUT2D eigenvalue weighted by Gasteiger charge is -2.23. The van der Waals surface area contributed by atoms with Crippen molar-refractivity contribution in [2.45, 2.75) is 11.8 Å². The number of rotatable bonds is 6. The number of azo groups is 1. The van der Waals surface area contributed by atoms with Crippen LogP contribution < -0.4 is 4.74 Å². The van der Waals surface area contributed by atoms with Crippen molar-refractivity contribution in [2.75, 3.05) is 0 Å². The van der Waals surface area contributed by atoms with Gasteiger partial charge in [-0.05, 0) is 30.3 Å². The van der Waals surface area contributed by atoms with E-state index in [0.29, 0.717) is 17.5 Å². The molecule has 1 atom stereocenters. The van der Waals surface area contributed by atoms with Crippen LogP contribution in [0.5, 0.6) is 5.75 Å². The van der Waals surface area contributed by atoms with E-state index in [0.717, 1.165) is 6.08 Å². The molecule has 2 aromatic rings. The zero-order chi connectivity index (χ0) is 20.1. The molecule has 142 valence electrons. The van der Waals surface area contributed by atoms with Crippen molar-refractivity contribution in [3.8, 4) is 5.75 Å². The smallest absolute Gasteiger partial charge is 0.455 e. The number of aliphatic hydroxyl groups excluding tert-OH is 1. The number of nitro groups is 2. The maximum absolute atomic E-state index is 11.4. The predicted octanol–water partition coefficient (Wildman–Crippen LogP) is 3.24. The zero-order valence-electron chi connectivity index (χ0n) is 14.3. The second-order valence-electron chi connectivity index (χ2n) is 5.73. The van der Waals surface area contributed by atoms with E-state index in [1.807, 2.05) is 0 Å². The van der Waals surface area contributed by atoms with Gasteiger partial charge in [0.25, 0.3) is 0 Å². The Hall–Kier alpha value is -3.92. The van der Waals surface area contributed by atoms with Crippen LogP contribution in [-0.2, 0) is 0 Å². The van der Waals surface area contributed by atoms with E-state index >= 15 is 0 Å². The molecular weight excluding hydrogens is 368 g/mol. The van der Waals surface area contributed by atoms with Crippen molar-refractivity contribution in [3.05, 3.63) is 105 Å². The predicted molar refractivity (Wildman–Crippen MR) is 96.9 cm³/mol. The highest BCUT2D eigenvalue weighted by Gasteiger charge is 2.64. The molecule has 10 heteroatoms. The van der Waals surface area contributed by atoms with Crippen molar-refractivity contribution in [3.63, 3.8) is 0 Å². The maximum atomic E-state index is 11.4. The van der Waals surface area contributed by atoms with Crippen LogP contribution in [-0.4, -0.2) is 26.7 Å². The average Bonchev–Trinajstić information content (AvgIpc) is 2.69. The minimum Gasteiger partial charge on any atom is -0.455 e. The number of allylic oxidation sites excluding steroid dienone is 1. The summed E-state index contributed by atoms with van der Waals surface area (Å²) >= 11 is 0. The fraction of sp³-hybridized carbons (Fsp3) is 0.111. The molecule has 10 nitrogen and oxygen atoms in total. The third-order valence-corrected chi connectivity index (χ3v) is 3.98. The molecule has 1 N–H and O–H groups in total. The molecule has 0 aliphatic heterocycles. The lowest BCUT2D eigenvalue weighted by atomic mass is 9.95. The van der Waals surface area contributed by atoms with Gasteiger partial charge in [-0.25, -0.2) is 0 Å². The highest BCUT2D eigenvalue weighted by atomic mass is 16.7. The van der Waals surface area contributed by atoms with Gasteiger partial charge in [-0.1, -0.05) is 36.4 Å². The molecule has 2 aromatic carbocycles. The van der Waals surface area contributed by atoms with E-state index in [1.54, 1.807) is 60.7 Å². The first-order valence-corrected chi connectivity index (χ1v) is 8.05. The van der Waals surface area contributed by atoms with E-state index in [4.69, 9.17) is 4.74 Å². The third-order valence-electron chi connectivity index (χ3n) is 3.98. The zero-order valence-corrected chi connectivity index (χ0v) is 14.3. The fourth-order valence-corrected chi connectivity index (χ4v) is 2.51. The standard InChI is InChI=1S/C18H14N4O6/c23-17-16(20-19-13-7-3-1-4-8-13)15(28-14-9-5-2-6-10-14)11-12-18(17,21(24)25)22(26)27/h1-12,17,23H. The Morgan fingerprint density at radius 2 is 1.50 bits per heavy atom. The van der Waals surface area contributed by atoms with Gasteiger partial charge in [0.2, 0.25) is 6.10 Å². The number of nitrogens with zero attached hydrogens (tertiary/aromatic N) is 4. The van der Waals surface area contributed by atoms with Crippen LogP contribution in [0, 0.1) is 20.2 Å². The van der Waals surface area contributed by atoms with Crippen molar-refractivity contribution in [1.29, 1.82) is 0 Å². The molecule has 3 rings (SSSR count). The molecule has 0 aromatic heterocycles. The number of benzene rings is 2. The first-order valence-electron chi connectivity index (χ1n) is 8.05. The summed E-state index contributed by atoms with van der Waals surface area (Å²) in [6.45, 7) is 0. The Morgan fingerprint density at radius 3 is 2.07 bits per heavy atom. The summed E-state index contributed by atoms with van der Waals surface area (Å²) in [5.74, 6) is 0.272. The van der Waals surface area contributed by atoms with Gasteiger partial charge >= 0.3 is 5.66 Å². The number of hydrogen-bond acceptors (Lipinski definition) is 8. The van der Waals surface area contributed by atoms with Crippen LogP contribution in [0.4, 0.5) is 5.69 Å². The van der Waals surface area contributed by atoms with Crippen LogP contribution >= 0.6 is 0 Å². The molecular formula is C18H14N4O6. The molecule has 28 heavy (non-hydrogen) atoms. The van der Waals surface area contributed by atoms with E-state index in [2.05, 4.69) is 10.2 Å². The van der Waals surface area contributed by atoms with Crippen molar-refractivity contribution in [1.82, 2.24) is 0 Å². The van der Waals surface area contributed by atoms with Gasteiger partial charge in [0.05, 0.1) is 11.8 Å². The van der Waals surface area contributed by atoms with Gasteiger partial charge in [-0.2, -0.15) is 5.11 Å². The second-order valence-corrected chi connectivity index (χ2v) is 5.73. The molecule has 1 aliphatic carbocycles. The normalized spacial score (nSPS) is 18.2. The third kappa shape index (κ3) is 3.48. The van der Waals surface area contributed by atoms with Gasteiger partial charge in [0, 0.05) is 0 Å². The van der Waals surface area contributed by atoms with Gasteiger partial charge in [0.1, 0.15) is 21.3 Å². The average molecular weight is 382 g/mol. The van der Waals surface area contributed by atoms with Crippen LogP contribution in [0.3, 0.4) is 0 Å². The van der Waals surface area contributed by atoms with E-state index in [9.17, 15) is 25.3 Å². The number of hydrogen-bond donors (Lipinski definition) is 1. The summed E-state index contributed by atoms with van der Waals surface area (Å²) in [4.78, 5) is 20.5. The van der Waals surface area contributed by atoms with E-state index in [1.165, 1.54) is 0 Å². The molecule has 0 amide bonds. The molecule has 0 saturated heterocycles. The van der Waals surface area contributed by atoms with E-state index in [-0.39, 0.29) is 5.76 Å². The monoisotopic (exact) mass is 382 g/mol. The molecule has 0 spiro atoms. The molecule has 0 radical (unpaired) electrons. The summed E-state index contributed by atoms with van der Waals surface area (Å²) in [5, 5.41) is 41.1. The van der Waals surface area contributed by atoms with Crippen LogP contribution in [0.15, 0.2) is 94.5 Å². The van der Waals surface area contributed by atoms with Crippen LogP contribution in [0.2, 0.25) is 0 Å². The minimum atomic E-state index is -2.99. The van der Waals surface area contributed by atoms with E-state index < -0.39 is 27.3 Å². The van der Waals surface area contributed by atoms with Crippen molar-refractivity contribution < 1.29 is 19.7 Å². The molecule has 0 bridgehead atoms. The molecule has 0 fully saturated rings. The number of aliphatic hydroxyl groups is 1. The van der Waals surface area contributed by atoms with Crippen molar-refractivity contribution >= 4 is 5.69 Å². The summed E-state index contributed by atoms with van der Waals surface area (Å²) in [5.41, 5.74) is -3.03. The Bertz CT molecular complexity index is 958. The molecule has 1 unspecified atom stereocenters. The summed E-state index contributed by atoms with van der Waals surface area (Å²) in [6.07, 6.45) is -0.490. The quantitative estimate of drug-likeness (QED) is 0.352. The number of ether oxygens (including phenoxy) is 1. The molecule has 0 saturated carbocycles. The van der Waals surface area contributed by atoms with Gasteiger partial charge in [-0.3, -0.25) is 20.2 Å². The summed E-state index contributed by atoms with van der Waals surface area (Å²) in [7, 11) is 0. The summed E-state index contributed by atoms with van der Waals surface area (Å²) < 4.78 is 5.61. The molecule has 1 aliphatic rings. The van der Waals surface area contributed by atoms with Gasteiger partial charge in [-0.15, -0.1) is 5.11 Å². The van der Waals surface area contributed by atoms with Gasteiger partial charge in [0.15, 0.2) is 5.76 Å². The first-order chi connectivity index (χ1) is 13.4. The Kier molecular flexibility index (Phi) is 5.23. The van der Waals surface area contributed by atoms with Gasteiger partial charge < -0.3 is 9.84 Å². The maximum Gasteiger partial charge on any atom is 0.508 e. The SMILES string of the molecule is O=[N+]([O-])C1([N+](=O)[O-])C=CC(Oc2ccccc2)=C(N=Nc2ccccc2)C1O. The Labute approximate surface area is 158 Å². The Morgan fingerprint density at radius 1 is 0.929 bits per heavy atom.